The Morgan fingerprint density at radius 2 is 2.09 bits per heavy atom. The molecule has 0 radical (unpaired) electrons. The predicted octanol–water partition coefficient (Wildman–Crippen LogP) is 4.06. The highest BCUT2D eigenvalue weighted by molar-refractivity contribution is 7.12. The number of ether oxygens (including phenoxy) is 2. The van der Waals surface area contributed by atoms with Gasteiger partial charge in [0.15, 0.2) is 0 Å². The van der Waals surface area contributed by atoms with Gasteiger partial charge in [0.25, 0.3) is 0 Å². The first-order valence-electron chi connectivity index (χ1n) is 7.39. The zero-order chi connectivity index (χ0) is 15.4. The second-order valence-corrected chi connectivity index (χ2v) is 6.21. The van der Waals surface area contributed by atoms with E-state index in [1.54, 1.807) is 5.38 Å². The van der Waals surface area contributed by atoms with Gasteiger partial charge in [0.2, 0.25) is 0 Å². The summed E-state index contributed by atoms with van der Waals surface area (Å²) in [5.41, 5.74) is 1.64. The number of hydrogen-bond donors (Lipinski definition) is 1. The highest BCUT2D eigenvalue weighted by atomic mass is 32.1. The fraction of sp³-hybridized carbons (Fsp3) is 0.353. The molecule has 1 aliphatic heterocycles. The van der Waals surface area contributed by atoms with Gasteiger partial charge in [-0.05, 0) is 48.4 Å². The van der Waals surface area contributed by atoms with Crippen molar-refractivity contribution in [3.05, 3.63) is 40.6 Å². The molecular weight excluding hydrogens is 300 g/mol. The predicted molar refractivity (Wildman–Crippen MR) is 85.8 cm³/mol. The SMILES string of the molecule is O=C(O)c1sccc1-c1ccc(OCC2CCCCO2)cc1. The number of carboxylic acids is 1. The van der Waals surface area contributed by atoms with Crippen molar-refractivity contribution >= 4 is 17.3 Å². The molecular formula is C17H18O4S. The van der Waals surface area contributed by atoms with Crippen LogP contribution in [0, 0.1) is 0 Å². The molecule has 0 saturated carbocycles. The number of aromatic carboxylic acids is 1. The molecule has 4 nitrogen and oxygen atoms in total. The van der Waals surface area contributed by atoms with Gasteiger partial charge in [-0.3, -0.25) is 0 Å². The third-order valence-corrected chi connectivity index (χ3v) is 4.64. The molecule has 1 atom stereocenters. The van der Waals surface area contributed by atoms with E-state index in [0.29, 0.717) is 11.5 Å². The summed E-state index contributed by atoms with van der Waals surface area (Å²) in [6, 6.07) is 9.37. The van der Waals surface area contributed by atoms with Crippen LogP contribution >= 0.6 is 11.3 Å². The summed E-state index contributed by atoms with van der Waals surface area (Å²) < 4.78 is 11.4. The summed E-state index contributed by atoms with van der Waals surface area (Å²) in [7, 11) is 0. The average molecular weight is 318 g/mol. The van der Waals surface area contributed by atoms with Crippen molar-refractivity contribution in [2.75, 3.05) is 13.2 Å². The lowest BCUT2D eigenvalue weighted by molar-refractivity contribution is -0.0110. The van der Waals surface area contributed by atoms with Gasteiger partial charge >= 0.3 is 5.97 Å². The van der Waals surface area contributed by atoms with Crippen LogP contribution in [0.4, 0.5) is 0 Å². The summed E-state index contributed by atoms with van der Waals surface area (Å²) in [5.74, 6) is -0.107. The van der Waals surface area contributed by atoms with E-state index < -0.39 is 5.97 Å². The first-order chi connectivity index (χ1) is 10.7. The monoisotopic (exact) mass is 318 g/mol. The third kappa shape index (κ3) is 3.48. The highest BCUT2D eigenvalue weighted by Crippen LogP contribution is 2.29. The Morgan fingerprint density at radius 3 is 2.77 bits per heavy atom. The molecule has 0 spiro atoms. The summed E-state index contributed by atoms with van der Waals surface area (Å²) in [5, 5.41) is 11.0. The van der Waals surface area contributed by atoms with Crippen LogP contribution in [0.25, 0.3) is 11.1 Å². The minimum Gasteiger partial charge on any atom is -0.491 e. The largest absolute Gasteiger partial charge is 0.491 e. The number of rotatable bonds is 5. The van der Waals surface area contributed by atoms with Crippen molar-refractivity contribution in [2.24, 2.45) is 0 Å². The van der Waals surface area contributed by atoms with Crippen molar-refractivity contribution in [3.8, 4) is 16.9 Å². The van der Waals surface area contributed by atoms with Crippen LogP contribution in [0.1, 0.15) is 28.9 Å². The fourth-order valence-electron chi connectivity index (χ4n) is 2.56. The smallest absolute Gasteiger partial charge is 0.346 e. The molecule has 0 amide bonds. The molecule has 3 rings (SSSR count). The van der Waals surface area contributed by atoms with E-state index >= 15 is 0 Å². The molecule has 2 aromatic rings. The Bertz CT molecular complexity index is 626. The molecule has 5 heteroatoms. The molecule has 1 N–H and O–H groups in total. The molecule has 116 valence electrons. The van der Waals surface area contributed by atoms with Crippen LogP contribution in [-0.2, 0) is 4.74 Å². The third-order valence-electron chi connectivity index (χ3n) is 3.73. The van der Waals surface area contributed by atoms with Crippen LogP contribution in [-0.4, -0.2) is 30.4 Å². The van der Waals surface area contributed by atoms with Gasteiger partial charge in [0.05, 0.1) is 6.10 Å². The highest BCUT2D eigenvalue weighted by Gasteiger charge is 2.15. The van der Waals surface area contributed by atoms with E-state index in [1.165, 1.54) is 17.8 Å². The van der Waals surface area contributed by atoms with Crippen LogP contribution in [0.15, 0.2) is 35.7 Å². The summed E-state index contributed by atoms with van der Waals surface area (Å²) in [4.78, 5) is 11.5. The van der Waals surface area contributed by atoms with Crippen molar-refractivity contribution in [1.82, 2.24) is 0 Å². The molecule has 2 heterocycles. The molecule has 0 bridgehead atoms. The number of carboxylic acid groups (broad SMARTS) is 1. The van der Waals surface area contributed by atoms with E-state index in [0.717, 1.165) is 36.3 Å². The van der Waals surface area contributed by atoms with Crippen molar-refractivity contribution in [1.29, 1.82) is 0 Å². The minimum absolute atomic E-state index is 0.184. The molecule has 1 aromatic carbocycles. The van der Waals surface area contributed by atoms with Crippen LogP contribution in [0.3, 0.4) is 0 Å². The Morgan fingerprint density at radius 1 is 1.27 bits per heavy atom. The van der Waals surface area contributed by atoms with Gasteiger partial charge in [-0.15, -0.1) is 11.3 Å². The topological polar surface area (TPSA) is 55.8 Å². The maximum atomic E-state index is 11.2. The van der Waals surface area contributed by atoms with Crippen LogP contribution in [0.2, 0.25) is 0 Å². The zero-order valence-corrected chi connectivity index (χ0v) is 13.0. The number of benzene rings is 1. The fourth-order valence-corrected chi connectivity index (χ4v) is 3.31. The Balaban J connectivity index is 1.64. The molecule has 1 fully saturated rings. The number of hydrogen-bond acceptors (Lipinski definition) is 4. The van der Waals surface area contributed by atoms with Crippen molar-refractivity contribution in [3.63, 3.8) is 0 Å². The second-order valence-electron chi connectivity index (χ2n) is 5.29. The van der Waals surface area contributed by atoms with Gasteiger partial charge in [0.1, 0.15) is 17.2 Å². The van der Waals surface area contributed by atoms with Crippen molar-refractivity contribution < 1.29 is 19.4 Å². The minimum atomic E-state index is -0.889. The Labute approximate surface area is 133 Å². The van der Waals surface area contributed by atoms with Gasteiger partial charge in [0, 0.05) is 12.2 Å². The lowest BCUT2D eigenvalue weighted by Gasteiger charge is -2.22. The molecule has 1 aliphatic rings. The van der Waals surface area contributed by atoms with E-state index in [-0.39, 0.29) is 6.10 Å². The average Bonchev–Trinajstić information content (AvgIpc) is 3.04. The van der Waals surface area contributed by atoms with Crippen molar-refractivity contribution in [2.45, 2.75) is 25.4 Å². The normalized spacial score (nSPS) is 18.1. The maximum Gasteiger partial charge on any atom is 0.346 e. The summed E-state index contributed by atoms with van der Waals surface area (Å²) in [6.45, 7) is 1.39. The van der Waals surface area contributed by atoms with Gasteiger partial charge < -0.3 is 14.6 Å². The van der Waals surface area contributed by atoms with Gasteiger partial charge in [-0.2, -0.15) is 0 Å². The maximum absolute atomic E-state index is 11.2. The standard InChI is InChI=1S/C17H18O4S/c18-17(19)16-15(8-10-22-16)12-4-6-13(7-5-12)21-11-14-3-1-2-9-20-14/h4-8,10,14H,1-3,9,11H2,(H,18,19). The van der Waals surface area contributed by atoms with E-state index in [4.69, 9.17) is 9.47 Å². The quantitative estimate of drug-likeness (QED) is 0.903. The lowest BCUT2D eigenvalue weighted by atomic mass is 10.1. The van der Waals surface area contributed by atoms with Crippen LogP contribution in [0.5, 0.6) is 5.75 Å². The lowest BCUT2D eigenvalue weighted by Crippen LogP contribution is -2.25. The first kappa shape index (κ1) is 15.1. The molecule has 1 aromatic heterocycles. The molecule has 1 saturated heterocycles. The summed E-state index contributed by atoms with van der Waals surface area (Å²) in [6.07, 6.45) is 3.57. The van der Waals surface area contributed by atoms with E-state index in [1.807, 2.05) is 30.3 Å². The molecule has 0 aliphatic carbocycles. The number of carbonyl (C=O) groups is 1. The second kappa shape index (κ2) is 6.94. The first-order valence-corrected chi connectivity index (χ1v) is 8.27. The zero-order valence-electron chi connectivity index (χ0n) is 12.2. The molecule has 1 unspecified atom stereocenters. The molecule has 22 heavy (non-hydrogen) atoms. The number of thiophene rings is 1. The van der Waals surface area contributed by atoms with Crippen LogP contribution < -0.4 is 4.74 Å². The van der Waals surface area contributed by atoms with Gasteiger partial charge in [-0.25, -0.2) is 4.79 Å². The van der Waals surface area contributed by atoms with E-state index in [9.17, 15) is 9.90 Å². The summed E-state index contributed by atoms with van der Waals surface area (Å²) >= 11 is 1.24. The Kier molecular flexibility index (Phi) is 4.75. The van der Waals surface area contributed by atoms with Gasteiger partial charge in [-0.1, -0.05) is 12.1 Å². The van der Waals surface area contributed by atoms with E-state index in [2.05, 4.69) is 0 Å². The Hall–Kier alpha value is -1.85.